The highest BCUT2D eigenvalue weighted by Gasteiger charge is 2.57. The van der Waals surface area contributed by atoms with E-state index in [0.717, 1.165) is 34.7 Å². The van der Waals surface area contributed by atoms with Gasteiger partial charge in [-0.05, 0) is 12.7 Å². The van der Waals surface area contributed by atoms with Crippen LogP contribution in [0.15, 0.2) is 12.7 Å². The van der Waals surface area contributed by atoms with E-state index in [1.807, 2.05) is 6.92 Å². The summed E-state index contributed by atoms with van der Waals surface area (Å²) in [6.07, 6.45) is -5.80. The molecule has 0 bridgehead atoms. The van der Waals surface area contributed by atoms with Crippen LogP contribution in [-0.2, 0) is 61.2 Å². The number of carbonyl (C=O) groups excluding carboxylic acids is 4. The molecule has 328 valence electrons. The van der Waals surface area contributed by atoms with Gasteiger partial charge >= 0.3 is 23.5 Å². The number of hydrogen-bond donors (Lipinski definition) is 9. The van der Waals surface area contributed by atoms with Gasteiger partial charge in [0.05, 0.1) is 31.7 Å². The van der Waals surface area contributed by atoms with Crippen LogP contribution in [-0.4, -0.2) is 140 Å². The van der Waals surface area contributed by atoms with Crippen molar-refractivity contribution >= 4 is 86.7 Å². The molecule has 0 aromatic carbocycles. The quantitative estimate of drug-likeness (QED) is 0.0366. The van der Waals surface area contributed by atoms with Gasteiger partial charge in [-0.2, -0.15) is 16.1 Å². The first kappa shape index (κ1) is 49.9. The number of ether oxygens (including phenoxy) is 1. The number of Topliss-reactive ketones (excluding diaryl/α,β-unsaturated/α-hetero) is 1. The van der Waals surface area contributed by atoms with E-state index < -0.39 is 84.1 Å². The van der Waals surface area contributed by atoms with E-state index in [4.69, 9.17) is 24.0 Å². The Morgan fingerprint density at radius 1 is 1.07 bits per heavy atom. The van der Waals surface area contributed by atoms with E-state index in [2.05, 4.69) is 29.9 Å². The van der Waals surface area contributed by atoms with Crippen molar-refractivity contribution < 1.29 is 85.3 Å². The van der Waals surface area contributed by atoms with Crippen LogP contribution in [0.2, 0.25) is 0 Å². The summed E-state index contributed by atoms with van der Waals surface area (Å²) in [5, 5.41) is 26.2. The number of anilines is 1. The summed E-state index contributed by atoms with van der Waals surface area (Å²) in [5.41, 5.74) is 2.26. The van der Waals surface area contributed by atoms with E-state index in [0.29, 0.717) is 0 Å². The van der Waals surface area contributed by atoms with Gasteiger partial charge in [-0.15, -0.1) is 0 Å². The number of nitrogens with one attached hydrogen (secondary N) is 2. The molecule has 1 aliphatic heterocycles. The second-order valence-electron chi connectivity index (χ2n) is 13.2. The van der Waals surface area contributed by atoms with Gasteiger partial charge in [0.2, 0.25) is 11.8 Å². The van der Waals surface area contributed by atoms with Gasteiger partial charge in [0.15, 0.2) is 28.1 Å². The standard InChI is InChI=1S/C28H46N7O18P3S2/c1-5-57-12-16(36)10-19(38)58-9-8-30-18(37)6-7-31-26(41)23(40)27(2,3)13-50-56(47,48)53-55(45,46)49-11-17-21(52-54(42,43)44)22(39)28(4,51-17)35-15-34-20-24(29)32-14-33-25(20)35/h14-15,17,21-23,39-40H,5-13H2,1-4H3,(H,30,37)(H,31,41)(H,45,46)(H,47,48)(H2,29,32,33)(H2,42,43,44). The van der Waals surface area contributed by atoms with E-state index in [-0.39, 0.29) is 65.3 Å². The van der Waals surface area contributed by atoms with Crippen molar-refractivity contribution in [2.24, 2.45) is 5.41 Å². The highest BCUT2D eigenvalue weighted by atomic mass is 32.2. The third-order valence-corrected chi connectivity index (χ3v) is 13.0. The zero-order valence-electron chi connectivity index (χ0n) is 31.4. The molecule has 30 heteroatoms. The second-order valence-corrected chi connectivity index (χ2v) is 19.9. The molecule has 2 aromatic heterocycles. The lowest BCUT2D eigenvalue weighted by atomic mass is 9.87. The number of fused-ring (bicyclic) bond motifs is 1. The van der Waals surface area contributed by atoms with Gasteiger partial charge in [0, 0.05) is 30.7 Å². The Kier molecular flexibility index (Phi) is 18.0. The molecule has 1 aliphatic rings. The number of aromatic nitrogens is 4. The fourth-order valence-corrected chi connectivity index (χ4v) is 9.14. The number of carbonyl (C=O) groups is 4. The maximum atomic E-state index is 12.7. The lowest BCUT2D eigenvalue weighted by Crippen LogP contribution is -2.46. The Bertz CT molecular complexity index is 1940. The molecule has 58 heavy (non-hydrogen) atoms. The zero-order chi connectivity index (χ0) is 43.7. The van der Waals surface area contributed by atoms with E-state index in [1.165, 1.54) is 32.5 Å². The fraction of sp³-hybridized carbons (Fsp3) is 0.679. The summed E-state index contributed by atoms with van der Waals surface area (Å²) < 4.78 is 62.6. The molecule has 25 nitrogen and oxygen atoms in total. The lowest BCUT2D eigenvalue weighted by molar-refractivity contribution is -0.137. The number of amides is 2. The monoisotopic (exact) mass is 925 g/mol. The smallest absolute Gasteiger partial charge is 0.385 e. The predicted molar refractivity (Wildman–Crippen MR) is 204 cm³/mol. The maximum Gasteiger partial charge on any atom is 0.481 e. The van der Waals surface area contributed by atoms with Gasteiger partial charge in [0.25, 0.3) is 0 Å². The van der Waals surface area contributed by atoms with Crippen molar-refractivity contribution in [2.45, 2.75) is 70.7 Å². The average molecular weight is 926 g/mol. The number of nitrogens with zero attached hydrogens (tertiary/aromatic N) is 4. The number of aliphatic hydroxyl groups excluding tert-OH is 2. The lowest BCUT2D eigenvalue weighted by Gasteiger charge is -2.30. The van der Waals surface area contributed by atoms with Crippen LogP contribution >= 0.6 is 47.0 Å². The Balaban J connectivity index is 1.49. The molecule has 7 unspecified atom stereocenters. The highest BCUT2D eigenvalue weighted by Crippen LogP contribution is 2.61. The topological polar surface area (TPSA) is 381 Å². The van der Waals surface area contributed by atoms with Crippen LogP contribution in [0.5, 0.6) is 0 Å². The van der Waals surface area contributed by atoms with Gasteiger partial charge in [0.1, 0.15) is 36.3 Å². The summed E-state index contributed by atoms with van der Waals surface area (Å²) in [6, 6.07) is 0. The molecule has 0 aliphatic carbocycles. The molecule has 7 atom stereocenters. The highest BCUT2D eigenvalue weighted by molar-refractivity contribution is 8.13. The SMILES string of the molecule is CCSCC(=O)CC(=O)SCCNC(=O)CCNC(=O)C(O)C(C)(C)COP(=O)(O)OP(=O)(O)OCC1OC(C)(n2cnc3c(N)ncnc32)C(O)C1OP(=O)(O)O. The first-order valence-electron chi connectivity index (χ1n) is 17.0. The van der Waals surface area contributed by atoms with Crippen molar-refractivity contribution in [3.05, 3.63) is 12.7 Å². The van der Waals surface area contributed by atoms with Crippen LogP contribution in [0, 0.1) is 5.41 Å². The van der Waals surface area contributed by atoms with Crippen LogP contribution < -0.4 is 16.4 Å². The maximum absolute atomic E-state index is 12.7. The number of ketones is 1. The minimum atomic E-state index is -5.60. The molecule has 10 N–H and O–H groups in total. The Morgan fingerprint density at radius 2 is 1.74 bits per heavy atom. The number of aliphatic hydroxyl groups is 2. The van der Waals surface area contributed by atoms with Crippen LogP contribution in [0.1, 0.15) is 40.5 Å². The van der Waals surface area contributed by atoms with E-state index in [9.17, 15) is 62.7 Å². The summed E-state index contributed by atoms with van der Waals surface area (Å²) in [7, 11) is -16.5. The number of phosphoric acid groups is 3. The fourth-order valence-electron chi connectivity index (χ4n) is 5.09. The molecular formula is C28H46N7O18P3S2. The minimum absolute atomic E-state index is 0.0127. The van der Waals surface area contributed by atoms with Gasteiger partial charge in [-0.1, -0.05) is 32.5 Å². The summed E-state index contributed by atoms with van der Waals surface area (Å²) in [6.45, 7) is 3.42. The van der Waals surface area contributed by atoms with Crippen molar-refractivity contribution in [2.75, 3.05) is 49.3 Å². The number of nitrogen functional groups attached to an aromatic ring is 1. The van der Waals surface area contributed by atoms with Crippen LogP contribution in [0.3, 0.4) is 0 Å². The number of phosphoric ester groups is 3. The first-order chi connectivity index (χ1) is 26.8. The van der Waals surface area contributed by atoms with E-state index >= 15 is 0 Å². The number of thioether (sulfide) groups is 2. The zero-order valence-corrected chi connectivity index (χ0v) is 35.8. The molecule has 1 fully saturated rings. The van der Waals surface area contributed by atoms with Crippen molar-refractivity contribution in [1.29, 1.82) is 0 Å². The van der Waals surface area contributed by atoms with Gasteiger partial charge in [-0.3, -0.25) is 37.3 Å². The molecule has 2 amide bonds. The molecule has 3 rings (SSSR count). The summed E-state index contributed by atoms with van der Waals surface area (Å²) in [4.78, 5) is 99.5. The Labute approximate surface area is 339 Å². The molecule has 0 radical (unpaired) electrons. The number of rotatable bonds is 24. The van der Waals surface area contributed by atoms with Crippen molar-refractivity contribution in [3.8, 4) is 0 Å². The van der Waals surface area contributed by atoms with E-state index in [1.54, 1.807) is 0 Å². The number of imidazole rings is 1. The Morgan fingerprint density at radius 3 is 2.40 bits per heavy atom. The van der Waals surface area contributed by atoms with Crippen molar-refractivity contribution in [1.82, 2.24) is 30.2 Å². The van der Waals surface area contributed by atoms with Gasteiger partial charge < -0.3 is 50.9 Å². The van der Waals surface area contributed by atoms with Crippen LogP contribution in [0.4, 0.5) is 5.82 Å². The Hall–Kier alpha value is -2.42. The molecular weight excluding hydrogens is 879 g/mol. The average Bonchev–Trinajstić information content (AvgIpc) is 3.66. The third kappa shape index (κ3) is 14.6. The minimum Gasteiger partial charge on any atom is -0.385 e. The number of nitrogens with two attached hydrogens (primary N) is 1. The third-order valence-electron chi connectivity index (χ3n) is 8.06. The molecule has 1 saturated heterocycles. The summed E-state index contributed by atoms with van der Waals surface area (Å²) >= 11 is 2.31. The second kappa shape index (κ2) is 20.9. The van der Waals surface area contributed by atoms with Crippen LogP contribution in [0.25, 0.3) is 11.2 Å². The summed E-state index contributed by atoms with van der Waals surface area (Å²) in [5.74, 6) is -0.499. The molecule has 2 aromatic rings. The molecule has 0 saturated carbocycles. The molecule has 0 spiro atoms. The number of hydrogen-bond acceptors (Lipinski definition) is 20. The van der Waals surface area contributed by atoms with Crippen molar-refractivity contribution in [3.63, 3.8) is 0 Å². The normalized spacial score (nSPS) is 22.6. The predicted octanol–water partition coefficient (Wildman–Crippen LogP) is -0.449. The van der Waals surface area contributed by atoms with Gasteiger partial charge in [-0.25, -0.2) is 28.6 Å². The molecule has 3 heterocycles. The first-order valence-corrected chi connectivity index (χ1v) is 23.6. The largest absolute Gasteiger partial charge is 0.481 e.